The molecule has 5 aromatic rings. The molecule has 0 saturated heterocycles. The topological polar surface area (TPSA) is 65.7 Å². The number of aromatic nitrogens is 2. The van der Waals surface area contributed by atoms with Gasteiger partial charge in [-0.25, -0.2) is 4.98 Å². The van der Waals surface area contributed by atoms with E-state index in [4.69, 9.17) is 26.1 Å². The van der Waals surface area contributed by atoms with Gasteiger partial charge in [0.1, 0.15) is 18.1 Å². The fraction of sp³-hybridized carbons (Fsp3) is 0.182. The first kappa shape index (κ1) is 27.2. The summed E-state index contributed by atoms with van der Waals surface area (Å²) in [4.78, 5) is 18.6. The average molecular weight is 552 g/mol. The Kier molecular flexibility index (Phi) is 7.99. The second-order valence-corrected chi connectivity index (χ2v) is 10.3. The number of nitrogens with zero attached hydrogens (tertiary/aromatic N) is 3. The number of para-hydroxylation sites is 1. The molecule has 6 nitrogen and oxygen atoms in total. The number of hydrogen-bond acceptors (Lipinski definition) is 5. The monoisotopic (exact) mass is 551 g/mol. The molecule has 0 bridgehead atoms. The maximum atomic E-state index is 13.7. The first-order valence-electron chi connectivity index (χ1n) is 13.1. The summed E-state index contributed by atoms with van der Waals surface area (Å²) in [7, 11) is 1.67. The van der Waals surface area contributed by atoms with Crippen molar-refractivity contribution in [3.63, 3.8) is 0 Å². The predicted octanol–water partition coefficient (Wildman–Crippen LogP) is 7.62. The number of aryl methyl sites for hydroxylation is 1. The summed E-state index contributed by atoms with van der Waals surface area (Å²) in [5, 5.41) is 5.83. The van der Waals surface area contributed by atoms with Gasteiger partial charge < -0.3 is 9.47 Å². The van der Waals surface area contributed by atoms with E-state index in [1.807, 2.05) is 85.8 Å². The number of ether oxygens (including phenoxy) is 2. The van der Waals surface area contributed by atoms with Crippen LogP contribution in [0.3, 0.4) is 0 Å². The zero-order chi connectivity index (χ0) is 28.2. The highest BCUT2D eigenvalue weighted by Gasteiger charge is 2.18. The molecular formula is C33H30ClN3O3. The third-order valence-corrected chi connectivity index (χ3v) is 6.94. The molecule has 0 fully saturated rings. The van der Waals surface area contributed by atoms with E-state index in [9.17, 15) is 4.79 Å². The van der Waals surface area contributed by atoms with Crippen LogP contribution in [0.1, 0.15) is 42.0 Å². The van der Waals surface area contributed by atoms with E-state index in [0.29, 0.717) is 34.1 Å². The zero-order valence-electron chi connectivity index (χ0n) is 22.9. The standard InChI is InChI=1S/C33H30ClN3O3/c1-21(2)28-18-29(22(3)16-31(28)39-4)32-36-30-11-6-5-10-27(30)33(38)37(32)35-19-24-8-7-9-26(17-24)40-20-23-12-14-25(34)15-13-23/h5-19,21H,20H2,1-4H3. The Balaban J connectivity index is 1.55. The van der Waals surface area contributed by atoms with Crippen LogP contribution in [-0.2, 0) is 6.61 Å². The highest BCUT2D eigenvalue weighted by molar-refractivity contribution is 6.30. The SMILES string of the molecule is COc1cc(C)c(-c2nc3ccccc3c(=O)n2N=Cc2cccc(OCc3ccc(Cl)cc3)c2)cc1C(C)C. The van der Waals surface area contributed by atoms with E-state index in [1.165, 1.54) is 4.68 Å². The normalized spacial score (nSPS) is 11.4. The van der Waals surface area contributed by atoms with Crippen LogP contribution in [0.4, 0.5) is 0 Å². The Morgan fingerprint density at radius 2 is 1.77 bits per heavy atom. The lowest BCUT2D eigenvalue weighted by molar-refractivity contribution is 0.306. The van der Waals surface area contributed by atoms with E-state index in [2.05, 4.69) is 18.9 Å². The highest BCUT2D eigenvalue weighted by atomic mass is 35.5. The van der Waals surface area contributed by atoms with Crippen LogP contribution in [0.15, 0.2) is 94.8 Å². The van der Waals surface area contributed by atoms with Crippen molar-refractivity contribution in [2.75, 3.05) is 7.11 Å². The predicted molar refractivity (Wildman–Crippen MR) is 162 cm³/mol. The van der Waals surface area contributed by atoms with Crippen LogP contribution < -0.4 is 15.0 Å². The number of methoxy groups -OCH3 is 1. The number of fused-ring (bicyclic) bond motifs is 1. The summed E-state index contributed by atoms with van der Waals surface area (Å²) in [5.41, 5.74) is 4.97. The van der Waals surface area contributed by atoms with Gasteiger partial charge in [0.25, 0.3) is 5.56 Å². The van der Waals surface area contributed by atoms with Crippen LogP contribution in [-0.4, -0.2) is 23.0 Å². The highest BCUT2D eigenvalue weighted by Crippen LogP contribution is 2.34. The van der Waals surface area contributed by atoms with Crippen molar-refractivity contribution < 1.29 is 9.47 Å². The average Bonchev–Trinajstić information content (AvgIpc) is 2.96. The smallest absolute Gasteiger partial charge is 0.282 e. The van der Waals surface area contributed by atoms with Crippen LogP contribution >= 0.6 is 11.6 Å². The van der Waals surface area contributed by atoms with Gasteiger partial charge in [0, 0.05) is 10.6 Å². The summed E-state index contributed by atoms with van der Waals surface area (Å²) < 4.78 is 13.0. The molecule has 0 aliphatic carbocycles. The van der Waals surface area contributed by atoms with Gasteiger partial charge in [-0.1, -0.05) is 61.8 Å². The molecule has 202 valence electrons. The fourth-order valence-electron chi connectivity index (χ4n) is 4.53. The Hall–Kier alpha value is -4.42. The molecule has 1 aromatic heterocycles. The minimum Gasteiger partial charge on any atom is -0.496 e. The van der Waals surface area contributed by atoms with Crippen molar-refractivity contribution in [1.29, 1.82) is 0 Å². The fourth-order valence-corrected chi connectivity index (χ4v) is 4.65. The summed E-state index contributed by atoms with van der Waals surface area (Å²) in [6, 6.07) is 26.5. The molecule has 40 heavy (non-hydrogen) atoms. The molecule has 0 aliphatic rings. The van der Waals surface area contributed by atoms with Gasteiger partial charge in [-0.05, 0) is 83.6 Å². The molecule has 0 unspecified atom stereocenters. The molecule has 0 atom stereocenters. The summed E-state index contributed by atoms with van der Waals surface area (Å²) in [5.74, 6) is 2.19. The summed E-state index contributed by atoms with van der Waals surface area (Å²) in [6.07, 6.45) is 1.65. The van der Waals surface area contributed by atoms with Crippen molar-refractivity contribution >= 4 is 28.7 Å². The van der Waals surface area contributed by atoms with Gasteiger partial charge in [0.2, 0.25) is 0 Å². The van der Waals surface area contributed by atoms with Crippen LogP contribution in [0.5, 0.6) is 11.5 Å². The minimum atomic E-state index is -0.242. The van der Waals surface area contributed by atoms with Crippen molar-refractivity contribution in [1.82, 2.24) is 9.66 Å². The molecule has 5 rings (SSSR count). The van der Waals surface area contributed by atoms with Gasteiger partial charge in [0.15, 0.2) is 5.82 Å². The van der Waals surface area contributed by atoms with E-state index in [-0.39, 0.29) is 11.5 Å². The molecule has 0 radical (unpaired) electrons. The van der Waals surface area contributed by atoms with Gasteiger partial charge in [-0.3, -0.25) is 4.79 Å². The lowest BCUT2D eigenvalue weighted by atomic mass is 9.96. The van der Waals surface area contributed by atoms with Crippen molar-refractivity contribution in [2.24, 2.45) is 5.10 Å². The third-order valence-electron chi connectivity index (χ3n) is 6.69. The van der Waals surface area contributed by atoms with E-state index >= 15 is 0 Å². The second-order valence-electron chi connectivity index (χ2n) is 9.87. The van der Waals surface area contributed by atoms with Crippen molar-refractivity contribution in [2.45, 2.75) is 33.3 Å². The number of halogens is 1. The molecule has 4 aromatic carbocycles. The lowest BCUT2D eigenvalue weighted by Gasteiger charge is -2.17. The molecule has 7 heteroatoms. The van der Waals surface area contributed by atoms with E-state index in [1.54, 1.807) is 19.4 Å². The Morgan fingerprint density at radius 1 is 1.00 bits per heavy atom. The third kappa shape index (κ3) is 5.77. The number of rotatable bonds is 8. The van der Waals surface area contributed by atoms with Crippen molar-refractivity contribution in [3.8, 4) is 22.9 Å². The molecule has 0 spiro atoms. The molecule has 1 heterocycles. The zero-order valence-corrected chi connectivity index (χ0v) is 23.6. The molecule has 0 N–H and O–H groups in total. The van der Waals surface area contributed by atoms with Crippen LogP contribution in [0, 0.1) is 6.92 Å². The summed E-state index contributed by atoms with van der Waals surface area (Å²) >= 11 is 5.98. The Bertz CT molecular complexity index is 1760. The quantitative estimate of drug-likeness (QED) is 0.186. The Morgan fingerprint density at radius 3 is 2.52 bits per heavy atom. The van der Waals surface area contributed by atoms with Gasteiger partial charge in [-0.15, -0.1) is 0 Å². The van der Waals surface area contributed by atoms with Gasteiger partial charge >= 0.3 is 0 Å². The molecular weight excluding hydrogens is 522 g/mol. The summed E-state index contributed by atoms with van der Waals surface area (Å²) in [6.45, 7) is 6.61. The minimum absolute atomic E-state index is 0.217. The van der Waals surface area contributed by atoms with Crippen LogP contribution in [0.2, 0.25) is 5.02 Å². The number of hydrogen-bond donors (Lipinski definition) is 0. The lowest BCUT2D eigenvalue weighted by Crippen LogP contribution is -2.20. The van der Waals surface area contributed by atoms with E-state index in [0.717, 1.165) is 33.6 Å². The first-order chi connectivity index (χ1) is 19.3. The first-order valence-corrected chi connectivity index (χ1v) is 13.4. The molecule has 0 amide bonds. The Labute approximate surface area is 238 Å². The maximum absolute atomic E-state index is 13.7. The molecule has 0 saturated carbocycles. The van der Waals surface area contributed by atoms with Gasteiger partial charge in [0.05, 0.1) is 24.2 Å². The second kappa shape index (κ2) is 11.8. The molecule has 0 aliphatic heterocycles. The van der Waals surface area contributed by atoms with Crippen molar-refractivity contribution in [3.05, 3.63) is 123 Å². The maximum Gasteiger partial charge on any atom is 0.282 e. The number of benzene rings is 4. The van der Waals surface area contributed by atoms with Crippen LogP contribution in [0.25, 0.3) is 22.3 Å². The largest absolute Gasteiger partial charge is 0.496 e. The van der Waals surface area contributed by atoms with E-state index < -0.39 is 0 Å². The van der Waals surface area contributed by atoms with Gasteiger partial charge in [-0.2, -0.15) is 9.78 Å².